The van der Waals surface area contributed by atoms with Crippen molar-refractivity contribution in [3.8, 4) is 45.3 Å². The van der Waals surface area contributed by atoms with Gasteiger partial charge < -0.3 is 28.4 Å². The number of methoxy groups -OCH3 is 3. The van der Waals surface area contributed by atoms with Crippen LogP contribution < -0.4 is 29.8 Å². The summed E-state index contributed by atoms with van der Waals surface area (Å²) in [6.07, 6.45) is -14.8. The number of carbonyl (C=O) groups is 2. The van der Waals surface area contributed by atoms with Gasteiger partial charge in [-0.05, 0) is 123 Å². The molecule has 65 heavy (non-hydrogen) atoms. The van der Waals surface area contributed by atoms with E-state index >= 15 is 0 Å². The van der Waals surface area contributed by atoms with E-state index in [9.17, 15) is 58.7 Å². The van der Waals surface area contributed by atoms with E-state index in [0.717, 1.165) is 56.0 Å². The third kappa shape index (κ3) is 9.44. The van der Waals surface area contributed by atoms with E-state index < -0.39 is 53.7 Å². The van der Waals surface area contributed by atoms with Gasteiger partial charge in [-0.3, -0.25) is 9.59 Å². The number of alkyl halides is 9. The van der Waals surface area contributed by atoms with Crippen LogP contribution in [0, 0.1) is 0 Å². The quantitative estimate of drug-likeness (QED) is 0.107. The zero-order valence-corrected chi connectivity index (χ0v) is 33.4. The number of rotatable bonds is 8. The smallest absolute Gasteiger partial charge is 0.497 e. The summed E-state index contributed by atoms with van der Waals surface area (Å²) in [5.74, 6) is -3.11. The van der Waals surface area contributed by atoms with Crippen LogP contribution in [0.15, 0.2) is 119 Å². The van der Waals surface area contributed by atoms with E-state index in [0.29, 0.717) is 43.8 Å². The van der Waals surface area contributed by atoms with Crippen LogP contribution in [-0.4, -0.2) is 52.4 Å². The Balaban J connectivity index is 0.000000198. The SMILES string of the molecule is COC(=O)c1cc(OC(F)(F)F)ccc1-c1cccc(-c2ccc(OC(F)(F)F)cc2C(=O)OC)c1.COc1ccc2c(c1)c(=O)c1c2ccc2c(=O)c3cc(OC(F)(F)F)ccc3c21. The Kier molecular flexibility index (Phi) is 11.8. The highest BCUT2D eigenvalue weighted by Crippen LogP contribution is 2.38. The van der Waals surface area contributed by atoms with Crippen LogP contribution in [0.2, 0.25) is 0 Å². The van der Waals surface area contributed by atoms with Crippen LogP contribution in [0.5, 0.6) is 23.0 Å². The van der Waals surface area contributed by atoms with Gasteiger partial charge in [-0.1, -0.05) is 24.3 Å². The lowest BCUT2D eigenvalue weighted by Crippen LogP contribution is -2.17. The molecule has 8 rings (SSSR count). The molecule has 0 unspecified atom stereocenters. The number of hydrogen-bond acceptors (Lipinski definition) is 10. The summed E-state index contributed by atoms with van der Waals surface area (Å²) in [5.41, 5.74) is -0.147. The van der Waals surface area contributed by atoms with E-state index in [4.69, 9.17) is 4.74 Å². The standard InChI is InChI=1S/C24H16F6O6.C22H11F3O4/c1-33-21(31)19-11-15(35-23(25,26)27)6-8-17(19)13-4-3-5-14(10-13)18-9-7-16(36-24(28,29)30)12-20(18)22(32)34-2;1-28-10-2-4-12-13-6-7-15-18(19(13)21(27)16(12)8-10)14-5-3-11(29-22(23,24)25)9-17(14)20(15)26/h3-12H,1-2H3;2-9H,1H3. The molecule has 0 N–H and O–H groups in total. The van der Waals surface area contributed by atoms with Crippen molar-refractivity contribution in [2.75, 3.05) is 21.3 Å². The van der Waals surface area contributed by atoms with Crippen molar-refractivity contribution in [2.45, 2.75) is 19.1 Å². The molecule has 0 bridgehead atoms. The highest BCUT2D eigenvalue weighted by Gasteiger charge is 2.34. The van der Waals surface area contributed by atoms with Gasteiger partial charge in [0.25, 0.3) is 0 Å². The van der Waals surface area contributed by atoms with Crippen LogP contribution >= 0.6 is 0 Å². The van der Waals surface area contributed by atoms with Crippen molar-refractivity contribution < 1.29 is 77.5 Å². The molecule has 10 nitrogen and oxygen atoms in total. The Hall–Kier alpha value is -7.83. The number of carbonyl (C=O) groups excluding carboxylic acids is 2. The van der Waals surface area contributed by atoms with Gasteiger partial charge in [0.1, 0.15) is 23.0 Å². The van der Waals surface area contributed by atoms with Crippen LogP contribution in [0.3, 0.4) is 0 Å². The fourth-order valence-electron chi connectivity index (χ4n) is 7.37. The number of benzene rings is 6. The molecule has 0 spiro atoms. The monoisotopic (exact) mass is 910 g/mol. The lowest BCUT2D eigenvalue weighted by Gasteiger charge is -2.15. The number of halogens is 9. The van der Waals surface area contributed by atoms with Gasteiger partial charge in [-0.2, -0.15) is 0 Å². The van der Waals surface area contributed by atoms with Gasteiger partial charge >= 0.3 is 31.0 Å². The molecule has 19 heteroatoms. The van der Waals surface area contributed by atoms with Gasteiger partial charge in [0, 0.05) is 26.9 Å². The first-order valence-corrected chi connectivity index (χ1v) is 18.5. The van der Waals surface area contributed by atoms with Gasteiger partial charge in [0.05, 0.1) is 32.5 Å². The molecule has 0 saturated heterocycles. The van der Waals surface area contributed by atoms with Gasteiger partial charge in [0.2, 0.25) is 0 Å². The first kappa shape index (κ1) is 45.2. The number of hydrogen-bond donors (Lipinski definition) is 0. The first-order valence-electron chi connectivity index (χ1n) is 18.5. The predicted molar refractivity (Wildman–Crippen MR) is 218 cm³/mol. The number of esters is 2. The zero-order valence-electron chi connectivity index (χ0n) is 33.4. The average molecular weight is 911 g/mol. The van der Waals surface area contributed by atoms with Crippen LogP contribution in [0.1, 0.15) is 20.7 Å². The summed E-state index contributed by atoms with van der Waals surface area (Å²) >= 11 is 0. The lowest BCUT2D eigenvalue weighted by molar-refractivity contribution is -0.275. The molecule has 0 aromatic heterocycles. The summed E-state index contributed by atoms with van der Waals surface area (Å²) in [5, 5.41) is 3.49. The maximum atomic E-state index is 13.1. The third-order valence-electron chi connectivity index (χ3n) is 9.92. The van der Waals surface area contributed by atoms with E-state index in [2.05, 4.69) is 23.7 Å². The van der Waals surface area contributed by atoms with Crippen LogP contribution in [-0.2, 0) is 9.47 Å². The van der Waals surface area contributed by atoms with Crippen molar-refractivity contribution in [2.24, 2.45) is 0 Å². The molecular formula is C46H27F9O10. The molecule has 0 aliphatic carbocycles. The van der Waals surface area contributed by atoms with E-state index in [1.807, 2.05) is 0 Å². The predicted octanol–water partition coefficient (Wildman–Crippen LogP) is 11.2. The van der Waals surface area contributed by atoms with Gasteiger partial charge in [-0.15, -0.1) is 39.5 Å². The fourth-order valence-corrected chi connectivity index (χ4v) is 7.37. The summed E-state index contributed by atoms with van der Waals surface area (Å²) in [7, 11) is 3.60. The highest BCUT2D eigenvalue weighted by atomic mass is 19.4. The summed E-state index contributed by atoms with van der Waals surface area (Å²) in [6.45, 7) is 0. The van der Waals surface area contributed by atoms with Crippen molar-refractivity contribution >= 4 is 55.0 Å². The Labute approximate surface area is 358 Å². The summed E-state index contributed by atoms with van der Waals surface area (Å²) in [4.78, 5) is 50.5. The van der Waals surface area contributed by atoms with Crippen molar-refractivity contribution in [3.05, 3.63) is 141 Å². The van der Waals surface area contributed by atoms with Crippen LogP contribution in [0.4, 0.5) is 39.5 Å². The third-order valence-corrected chi connectivity index (χ3v) is 9.92. The fraction of sp³-hybridized carbons (Fsp3) is 0.130. The summed E-state index contributed by atoms with van der Waals surface area (Å²) in [6, 6.07) is 24.3. The minimum Gasteiger partial charge on any atom is -0.497 e. The van der Waals surface area contributed by atoms with E-state index in [1.165, 1.54) is 49.6 Å². The average Bonchev–Trinajstić information content (AvgIpc) is 3.70. The molecule has 0 aliphatic heterocycles. The molecular weight excluding hydrogens is 883 g/mol. The molecule has 0 heterocycles. The molecule has 0 fully saturated rings. The molecule has 8 aromatic carbocycles. The largest absolute Gasteiger partial charge is 0.573 e. The van der Waals surface area contributed by atoms with Crippen molar-refractivity contribution in [1.82, 2.24) is 0 Å². The molecule has 0 saturated carbocycles. The zero-order chi connectivity index (χ0) is 47.2. The highest BCUT2D eigenvalue weighted by molar-refractivity contribution is 6.28. The van der Waals surface area contributed by atoms with E-state index in [-0.39, 0.29) is 38.5 Å². The number of fused-ring (bicyclic) bond motifs is 7. The van der Waals surface area contributed by atoms with Crippen molar-refractivity contribution in [1.29, 1.82) is 0 Å². The van der Waals surface area contributed by atoms with Gasteiger partial charge in [0.15, 0.2) is 10.9 Å². The molecule has 0 atom stereocenters. The van der Waals surface area contributed by atoms with Crippen LogP contribution in [0.25, 0.3) is 65.3 Å². The second kappa shape index (κ2) is 17.0. The van der Waals surface area contributed by atoms with Gasteiger partial charge in [-0.25, -0.2) is 9.59 Å². The summed E-state index contributed by atoms with van der Waals surface area (Å²) < 4.78 is 140. The van der Waals surface area contributed by atoms with Crippen molar-refractivity contribution in [3.63, 3.8) is 0 Å². The Morgan fingerprint density at radius 3 is 1.31 bits per heavy atom. The second-order valence-electron chi connectivity index (χ2n) is 13.8. The second-order valence-corrected chi connectivity index (χ2v) is 13.8. The molecule has 8 aromatic rings. The topological polar surface area (TPSA) is 124 Å². The minimum absolute atomic E-state index is 0.0801. The normalized spacial score (nSPS) is 11.9. The Morgan fingerprint density at radius 2 is 0.815 bits per heavy atom. The Bertz CT molecular complexity index is 3160. The Morgan fingerprint density at radius 1 is 0.415 bits per heavy atom. The molecule has 0 radical (unpaired) electrons. The minimum atomic E-state index is -4.99. The molecule has 0 aliphatic rings. The first-order chi connectivity index (χ1) is 30.6. The molecule has 0 amide bonds. The maximum absolute atomic E-state index is 13.1. The maximum Gasteiger partial charge on any atom is 0.573 e. The van der Waals surface area contributed by atoms with E-state index in [1.54, 1.807) is 30.3 Å². The molecule has 334 valence electrons. The number of ether oxygens (including phenoxy) is 6. The lowest BCUT2D eigenvalue weighted by atomic mass is 9.93.